The second kappa shape index (κ2) is 6.34. The molecule has 0 aromatic heterocycles. The monoisotopic (exact) mass is 327 g/mol. The van der Waals surface area contributed by atoms with Crippen LogP contribution in [-0.2, 0) is 0 Å². The summed E-state index contributed by atoms with van der Waals surface area (Å²) < 4.78 is 0.842. The van der Waals surface area contributed by atoms with Crippen LogP contribution >= 0.6 is 15.9 Å². The minimum absolute atomic E-state index is 0.124. The second-order valence-corrected chi connectivity index (χ2v) is 5.87. The molecule has 0 spiro atoms. The van der Waals surface area contributed by atoms with Crippen molar-refractivity contribution in [2.75, 3.05) is 18.4 Å². The van der Waals surface area contributed by atoms with E-state index in [0.717, 1.165) is 30.4 Å². The first kappa shape index (κ1) is 14.3. The number of rotatable bonds is 4. The number of nitrogens with one attached hydrogen (secondary N) is 2. The summed E-state index contributed by atoms with van der Waals surface area (Å²) in [5, 5.41) is 17.7. The van der Waals surface area contributed by atoms with E-state index < -0.39 is 0 Å². The first-order valence-electron chi connectivity index (χ1n) is 6.49. The average molecular weight is 328 g/mol. The third-order valence-corrected chi connectivity index (χ3v) is 4.07. The highest BCUT2D eigenvalue weighted by atomic mass is 79.9. The fourth-order valence-electron chi connectivity index (χ4n) is 2.45. The Morgan fingerprint density at radius 3 is 3.00 bits per heavy atom. The third kappa shape index (κ3) is 3.67. The molecule has 1 aromatic carbocycles. The van der Waals surface area contributed by atoms with E-state index in [9.17, 15) is 10.1 Å². The lowest BCUT2D eigenvalue weighted by molar-refractivity contribution is -0.384. The zero-order valence-electron chi connectivity index (χ0n) is 10.9. The van der Waals surface area contributed by atoms with Gasteiger partial charge in [-0.25, -0.2) is 0 Å². The number of benzene rings is 1. The average Bonchev–Trinajstić information content (AvgIpc) is 2.39. The first-order chi connectivity index (χ1) is 9.08. The molecule has 1 saturated heterocycles. The number of piperidine rings is 1. The van der Waals surface area contributed by atoms with Gasteiger partial charge in [-0.15, -0.1) is 0 Å². The molecule has 0 radical (unpaired) electrons. The Kier molecular flexibility index (Phi) is 4.76. The number of nitro groups is 1. The van der Waals surface area contributed by atoms with Gasteiger partial charge in [0.15, 0.2) is 0 Å². The van der Waals surface area contributed by atoms with Gasteiger partial charge in [0, 0.05) is 16.6 Å². The van der Waals surface area contributed by atoms with Crippen LogP contribution in [0.25, 0.3) is 0 Å². The maximum absolute atomic E-state index is 11.0. The maximum atomic E-state index is 11.0. The Morgan fingerprint density at radius 1 is 1.58 bits per heavy atom. The molecule has 0 saturated carbocycles. The molecule has 2 rings (SSSR count). The molecule has 1 fully saturated rings. The van der Waals surface area contributed by atoms with Crippen LogP contribution in [0.5, 0.6) is 0 Å². The zero-order valence-corrected chi connectivity index (χ0v) is 12.4. The number of nitro benzene ring substituents is 1. The Hall–Kier alpha value is -1.14. The fraction of sp³-hybridized carbons (Fsp3) is 0.538. The van der Waals surface area contributed by atoms with Crippen LogP contribution in [0, 0.1) is 16.0 Å². The van der Waals surface area contributed by atoms with Crippen molar-refractivity contribution < 1.29 is 4.92 Å². The molecular weight excluding hydrogens is 310 g/mol. The molecule has 2 atom stereocenters. The number of anilines is 1. The Morgan fingerprint density at radius 2 is 2.37 bits per heavy atom. The molecule has 6 heteroatoms. The summed E-state index contributed by atoms with van der Waals surface area (Å²) in [5.74, 6) is 0.507. The number of hydrogen-bond acceptors (Lipinski definition) is 4. The van der Waals surface area contributed by atoms with Gasteiger partial charge in [-0.05, 0) is 50.9 Å². The van der Waals surface area contributed by atoms with Crippen molar-refractivity contribution in [3.8, 4) is 0 Å². The number of hydrogen-bond donors (Lipinski definition) is 2. The molecule has 19 heavy (non-hydrogen) atoms. The highest BCUT2D eigenvalue weighted by Crippen LogP contribution is 2.30. The van der Waals surface area contributed by atoms with E-state index in [1.165, 1.54) is 6.07 Å². The van der Waals surface area contributed by atoms with Crippen LogP contribution in [0.1, 0.15) is 19.8 Å². The predicted octanol–water partition coefficient (Wildman–Crippen LogP) is 3.16. The standard InChI is InChI=1S/C13H18BrN3O2/c1-9(10-3-2-6-15-8-10)16-12-7-11(14)4-5-13(12)17(18)19/h4-5,7,9-10,15-16H,2-3,6,8H2,1H3. The molecule has 1 heterocycles. The largest absolute Gasteiger partial charge is 0.377 e. The van der Waals surface area contributed by atoms with E-state index in [1.54, 1.807) is 12.1 Å². The summed E-state index contributed by atoms with van der Waals surface area (Å²) in [6, 6.07) is 5.19. The van der Waals surface area contributed by atoms with E-state index in [1.807, 2.05) is 0 Å². The fourth-order valence-corrected chi connectivity index (χ4v) is 2.81. The van der Waals surface area contributed by atoms with Gasteiger partial charge >= 0.3 is 0 Å². The topological polar surface area (TPSA) is 67.2 Å². The lowest BCUT2D eigenvalue weighted by Gasteiger charge is -2.29. The molecule has 104 valence electrons. The summed E-state index contributed by atoms with van der Waals surface area (Å²) in [6.45, 7) is 4.12. The lowest BCUT2D eigenvalue weighted by Crippen LogP contribution is -2.38. The molecule has 2 unspecified atom stereocenters. The minimum atomic E-state index is -0.347. The quantitative estimate of drug-likeness (QED) is 0.658. The molecule has 0 aliphatic carbocycles. The summed E-state index contributed by atoms with van der Waals surface area (Å²) >= 11 is 3.36. The van der Waals surface area contributed by atoms with Crippen molar-refractivity contribution in [3.05, 3.63) is 32.8 Å². The van der Waals surface area contributed by atoms with E-state index in [-0.39, 0.29) is 16.7 Å². The third-order valence-electron chi connectivity index (χ3n) is 3.58. The Bertz CT molecular complexity index is 461. The second-order valence-electron chi connectivity index (χ2n) is 4.96. The zero-order chi connectivity index (χ0) is 13.8. The van der Waals surface area contributed by atoms with Gasteiger partial charge in [-0.3, -0.25) is 10.1 Å². The summed E-state index contributed by atoms with van der Waals surface area (Å²) in [5.41, 5.74) is 0.705. The minimum Gasteiger partial charge on any atom is -0.377 e. The maximum Gasteiger partial charge on any atom is 0.292 e. The van der Waals surface area contributed by atoms with Crippen molar-refractivity contribution in [3.63, 3.8) is 0 Å². The molecule has 0 amide bonds. The summed E-state index contributed by atoms with van der Waals surface area (Å²) in [6.07, 6.45) is 2.32. The Balaban J connectivity index is 2.12. The molecule has 2 N–H and O–H groups in total. The van der Waals surface area contributed by atoms with Gasteiger partial charge in [0.1, 0.15) is 5.69 Å². The summed E-state index contributed by atoms with van der Waals surface area (Å²) in [7, 11) is 0. The van der Waals surface area contributed by atoms with Gasteiger partial charge in [0.05, 0.1) is 4.92 Å². The lowest BCUT2D eigenvalue weighted by atomic mass is 9.92. The van der Waals surface area contributed by atoms with Crippen LogP contribution in [-0.4, -0.2) is 24.1 Å². The smallest absolute Gasteiger partial charge is 0.292 e. The van der Waals surface area contributed by atoms with E-state index in [2.05, 4.69) is 33.5 Å². The molecule has 1 aliphatic heterocycles. The van der Waals surface area contributed by atoms with Crippen molar-refractivity contribution in [1.82, 2.24) is 5.32 Å². The van der Waals surface area contributed by atoms with E-state index in [0.29, 0.717) is 11.6 Å². The van der Waals surface area contributed by atoms with Gasteiger partial charge in [-0.1, -0.05) is 15.9 Å². The van der Waals surface area contributed by atoms with Crippen LogP contribution in [0.2, 0.25) is 0 Å². The molecular formula is C13H18BrN3O2. The van der Waals surface area contributed by atoms with Gasteiger partial charge < -0.3 is 10.6 Å². The van der Waals surface area contributed by atoms with E-state index >= 15 is 0 Å². The van der Waals surface area contributed by atoms with Crippen molar-refractivity contribution in [2.45, 2.75) is 25.8 Å². The molecule has 5 nitrogen and oxygen atoms in total. The van der Waals surface area contributed by atoms with Crippen LogP contribution in [0.3, 0.4) is 0 Å². The van der Waals surface area contributed by atoms with Gasteiger partial charge in [0.2, 0.25) is 0 Å². The van der Waals surface area contributed by atoms with Gasteiger partial charge in [0.25, 0.3) is 5.69 Å². The molecule has 1 aliphatic rings. The molecule has 0 bridgehead atoms. The normalized spacial score (nSPS) is 20.8. The summed E-state index contributed by atoms with van der Waals surface area (Å²) in [4.78, 5) is 10.7. The van der Waals surface area contributed by atoms with Gasteiger partial charge in [-0.2, -0.15) is 0 Å². The van der Waals surface area contributed by atoms with Crippen molar-refractivity contribution >= 4 is 27.3 Å². The highest BCUT2D eigenvalue weighted by Gasteiger charge is 2.22. The number of halogens is 1. The molecule has 1 aromatic rings. The van der Waals surface area contributed by atoms with Crippen LogP contribution < -0.4 is 10.6 Å². The van der Waals surface area contributed by atoms with Crippen LogP contribution in [0.15, 0.2) is 22.7 Å². The van der Waals surface area contributed by atoms with Crippen LogP contribution in [0.4, 0.5) is 11.4 Å². The SMILES string of the molecule is CC(Nc1cc(Br)ccc1[N+](=O)[O-])C1CCCNC1. The first-order valence-corrected chi connectivity index (χ1v) is 7.28. The van der Waals surface area contributed by atoms with E-state index in [4.69, 9.17) is 0 Å². The predicted molar refractivity (Wildman–Crippen MR) is 79.5 cm³/mol. The van der Waals surface area contributed by atoms with Crippen molar-refractivity contribution in [2.24, 2.45) is 5.92 Å². The number of nitrogens with zero attached hydrogens (tertiary/aromatic N) is 1. The Labute approximate surface area is 121 Å². The van der Waals surface area contributed by atoms with Crippen molar-refractivity contribution in [1.29, 1.82) is 0 Å². The highest BCUT2D eigenvalue weighted by molar-refractivity contribution is 9.10.